The average molecular weight is 1060 g/mol. The molecule has 0 saturated carbocycles. The topological polar surface area (TPSA) is 208 Å². The third-order valence-corrected chi connectivity index (χ3v) is 17.7. The van der Waals surface area contributed by atoms with Crippen molar-refractivity contribution in [3.05, 3.63) is 125 Å². The van der Waals surface area contributed by atoms with Gasteiger partial charge in [0.1, 0.15) is 40.7 Å². The molecule has 400 valence electrons. The van der Waals surface area contributed by atoms with Gasteiger partial charge < -0.3 is 40.3 Å². The molecule has 4 aromatic carbocycles. The number of β-amino-alcohol motifs (C(OH)–C–C–N with tert-alkyl or cyclic N) is 1. The number of hydrogen-bond donors (Lipinski definition) is 5. The monoisotopic (exact) mass is 1060 g/mol. The van der Waals surface area contributed by atoms with Crippen LogP contribution in [0.3, 0.4) is 0 Å². The van der Waals surface area contributed by atoms with Crippen molar-refractivity contribution >= 4 is 55.9 Å². The molecule has 2 saturated heterocycles. The number of phenols is 2. The van der Waals surface area contributed by atoms with Crippen LogP contribution in [0, 0.1) is 12.3 Å². The highest BCUT2D eigenvalue weighted by Crippen LogP contribution is 2.51. The van der Waals surface area contributed by atoms with Crippen molar-refractivity contribution in [2.75, 3.05) is 24.0 Å². The minimum absolute atomic E-state index is 0.0169. The SMILES string of the molecule is CCN(c1ccc(OCCCCCCCCCC(=O)N[C@H](C(=O)N2C[C@H](O)C[C@H]2C(=O)NCc2ccc(-c3scnc3C)cc2)C(C)(C)C)cc1)S(=O)(=O)C1CC2OC1C(c1ccc(O)cc1)=C2c1ccc(O)cc1. The fourth-order valence-electron chi connectivity index (χ4n) is 10.5. The van der Waals surface area contributed by atoms with E-state index in [1.807, 2.05) is 76.5 Å². The Bertz CT molecular complexity index is 2900. The van der Waals surface area contributed by atoms with Crippen molar-refractivity contribution in [3.63, 3.8) is 0 Å². The molecule has 0 spiro atoms. The van der Waals surface area contributed by atoms with Gasteiger partial charge in [-0.15, -0.1) is 11.3 Å². The first kappa shape index (κ1) is 55.0. The summed E-state index contributed by atoms with van der Waals surface area (Å²) in [7, 11) is -3.89. The Morgan fingerprint density at radius 1 is 0.827 bits per heavy atom. The lowest BCUT2D eigenvalue weighted by molar-refractivity contribution is -0.144. The molecule has 3 aliphatic rings. The van der Waals surface area contributed by atoms with E-state index in [9.17, 15) is 38.1 Å². The van der Waals surface area contributed by atoms with Gasteiger partial charge in [0.2, 0.25) is 27.7 Å². The van der Waals surface area contributed by atoms with Crippen LogP contribution in [-0.2, 0) is 35.7 Å². The van der Waals surface area contributed by atoms with Gasteiger partial charge in [0.05, 0.1) is 40.6 Å². The number of phenolic OH excluding ortho intramolecular Hbond substituents is 2. The minimum atomic E-state index is -3.89. The van der Waals surface area contributed by atoms with Crippen molar-refractivity contribution in [3.8, 4) is 27.7 Å². The zero-order valence-corrected chi connectivity index (χ0v) is 45.2. The standard InChI is InChI=1S/C58H71N5O10S2/c1-6-63(75(70,71)49-33-48-51(39-19-25-43(64)26-20-39)52(53(49)73-48)40-21-27-44(65)28-22-40)42-23-29-46(30-24-42)72-31-13-11-9-7-8-10-12-14-50(67)61-55(58(3,4)5)57(69)62-35-45(66)32-47(62)56(68)59-34-38-15-17-41(18-16-38)54-37(2)60-36-74-54/h15-30,36,45,47-49,53,55,64-66H,6-14,31-35H2,1-5H3,(H,59,68)(H,61,67)/t45-,47+,48?,49?,53?,55-/m1/s1. The number of aryl methyl sites for hydroxylation is 1. The molecule has 3 aliphatic heterocycles. The van der Waals surface area contributed by atoms with Gasteiger partial charge in [-0.3, -0.25) is 18.7 Å². The van der Waals surface area contributed by atoms with E-state index in [2.05, 4.69) is 15.6 Å². The van der Waals surface area contributed by atoms with Crippen LogP contribution in [0.4, 0.5) is 5.69 Å². The molecule has 17 heteroatoms. The molecule has 15 nitrogen and oxygen atoms in total. The van der Waals surface area contributed by atoms with Crippen molar-refractivity contribution in [1.82, 2.24) is 20.5 Å². The van der Waals surface area contributed by atoms with E-state index in [-0.39, 0.29) is 68.1 Å². The van der Waals surface area contributed by atoms with E-state index in [0.717, 1.165) is 82.5 Å². The number of carbonyl (C=O) groups excluding carboxylic acids is 3. The third-order valence-electron chi connectivity index (χ3n) is 14.5. The third kappa shape index (κ3) is 13.1. The molecule has 6 atom stereocenters. The number of amides is 3. The fourth-order valence-corrected chi connectivity index (χ4v) is 13.3. The number of aliphatic hydroxyl groups excluding tert-OH is 1. The fraction of sp³-hybridized carbons (Fsp3) is 0.448. The number of fused-ring (bicyclic) bond motifs is 2. The van der Waals surface area contributed by atoms with Gasteiger partial charge >= 0.3 is 0 Å². The van der Waals surface area contributed by atoms with Gasteiger partial charge in [-0.2, -0.15) is 0 Å². The number of aromatic nitrogens is 1. The Morgan fingerprint density at radius 2 is 1.43 bits per heavy atom. The maximum Gasteiger partial charge on any atom is 0.246 e. The summed E-state index contributed by atoms with van der Waals surface area (Å²) in [6.07, 6.45) is 5.03. The summed E-state index contributed by atoms with van der Waals surface area (Å²) < 4.78 is 42.8. The number of rotatable bonds is 23. The highest BCUT2D eigenvalue weighted by molar-refractivity contribution is 7.93. The minimum Gasteiger partial charge on any atom is -0.508 e. The van der Waals surface area contributed by atoms with E-state index < -0.39 is 51.1 Å². The number of likely N-dealkylation sites (tertiary alicyclic amines) is 1. The molecule has 3 unspecified atom stereocenters. The van der Waals surface area contributed by atoms with Crippen molar-refractivity contribution in [2.45, 2.75) is 141 Å². The maximum atomic E-state index is 14.5. The summed E-state index contributed by atoms with van der Waals surface area (Å²) in [6.45, 7) is 10.5. The predicted octanol–water partition coefficient (Wildman–Crippen LogP) is 9.15. The number of nitrogens with one attached hydrogen (secondary N) is 2. The zero-order valence-electron chi connectivity index (χ0n) is 43.5. The second-order valence-electron chi connectivity index (χ2n) is 21.0. The molecule has 5 N–H and O–H groups in total. The molecule has 0 radical (unpaired) electrons. The van der Waals surface area contributed by atoms with Crippen molar-refractivity contribution in [2.24, 2.45) is 5.41 Å². The van der Waals surface area contributed by atoms with Gasteiger partial charge in [-0.1, -0.05) is 101 Å². The van der Waals surface area contributed by atoms with Crippen LogP contribution >= 0.6 is 11.3 Å². The second kappa shape index (κ2) is 24.2. The smallest absolute Gasteiger partial charge is 0.246 e. The van der Waals surface area contributed by atoms with Crippen molar-refractivity contribution in [1.29, 1.82) is 0 Å². The lowest BCUT2D eigenvalue weighted by atomic mass is 9.83. The van der Waals surface area contributed by atoms with E-state index in [0.29, 0.717) is 24.5 Å². The molecule has 1 aromatic heterocycles. The van der Waals surface area contributed by atoms with Crippen LogP contribution in [0.1, 0.15) is 114 Å². The van der Waals surface area contributed by atoms with E-state index >= 15 is 0 Å². The van der Waals surface area contributed by atoms with Crippen LogP contribution in [0.15, 0.2) is 103 Å². The van der Waals surface area contributed by atoms with Gasteiger partial charge in [0.25, 0.3) is 0 Å². The normalized spacial score (nSPS) is 19.8. The average Bonchev–Trinajstić information content (AvgIpc) is 4.21. The Labute approximate surface area is 445 Å². The number of thiazole rings is 1. The maximum absolute atomic E-state index is 14.5. The molecule has 2 fully saturated rings. The van der Waals surface area contributed by atoms with Crippen LogP contribution in [-0.4, -0.2) is 107 Å². The number of aliphatic hydroxyl groups is 1. The zero-order chi connectivity index (χ0) is 53.4. The van der Waals surface area contributed by atoms with E-state index in [1.54, 1.807) is 72.0 Å². The Balaban J connectivity index is 0.736. The predicted molar refractivity (Wildman–Crippen MR) is 293 cm³/mol. The lowest BCUT2D eigenvalue weighted by Gasteiger charge is -2.35. The number of anilines is 1. The summed E-state index contributed by atoms with van der Waals surface area (Å²) in [6, 6.07) is 26.9. The summed E-state index contributed by atoms with van der Waals surface area (Å²) >= 11 is 1.58. The summed E-state index contributed by atoms with van der Waals surface area (Å²) in [5.41, 5.74) is 7.92. The molecular formula is C58H71N5O10S2. The molecule has 75 heavy (non-hydrogen) atoms. The van der Waals surface area contributed by atoms with E-state index in [1.165, 1.54) is 9.21 Å². The van der Waals surface area contributed by atoms with Crippen LogP contribution in [0.25, 0.3) is 21.6 Å². The summed E-state index contributed by atoms with van der Waals surface area (Å²) in [5, 5.41) is 35.7. The van der Waals surface area contributed by atoms with Crippen LogP contribution in [0.5, 0.6) is 17.2 Å². The van der Waals surface area contributed by atoms with Crippen LogP contribution < -0.4 is 19.7 Å². The number of nitrogens with zero attached hydrogens (tertiary/aromatic N) is 3. The number of hydrogen-bond acceptors (Lipinski definition) is 12. The molecule has 4 heterocycles. The molecule has 5 aromatic rings. The molecule has 3 amide bonds. The van der Waals surface area contributed by atoms with Gasteiger partial charge in [-0.05, 0) is 120 Å². The number of ether oxygens (including phenoxy) is 2. The Hall–Kier alpha value is -6.27. The first-order chi connectivity index (χ1) is 35.9. The largest absolute Gasteiger partial charge is 0.508 e. The first-order valence-corrected chi connectivity index (χ1v) is 28.6. The Kier molecular flexibility index (Phi) is 17.7. The summed E-state index contributed by atoms with van der Waals surface area (Å²) in [4.78, 5) is 47.6. The van der Waals surface area contributed by atoms with Crippen molar-refractivity contribution < 1.29 is 47.6 Å². The molecule has 2 bridgehead atoms. The number of unbranched alkanes of at least 4 members (excludes halogenated alkanes) is 6. The highest BCUT2D eigenvalue weighted by atomic mass is 32.2. The van der Waals surface area contributed by atoms with E-state index in [4.69, 9.17) is 9.47 Å². The molecule has 0 aliphatic carbocycles. The molecular weight excluding hydrogens is 991 g/mol. The first-order valence-electron chi connectivity index (χ1n) is 26.2. The van der Waals surface area contributed by atoms with Gasteiger partial charge in [0, 0.05) is 32.5 Å². The lowest BCUT2D eigenvalue weighted by Crippen LogP contribution is -2.57. The number of benzene rings is 4. The number of carbonyl (C=O) groups is 3. The van der Waals surface area contributed by atoms with Crippen LogP contribution in [0.2, 0.25) is 0 Å². The summed E-state index contributed by atoms with van der Waals surface area (Å²) in [5.74, 6) is -0.0483. The number of aromatic hydroxyl groups is 2. The van der Waals surface area contributed by atoms with Gasteiger partial charge in [0.15, 0.2) is 0 Å². The quantitative estimate of drug-likeness (QED) is 0.0390. The highest BCUT2D eigenvalue weighted by Gasteiger charge is 2.54. The Morgan fingerprint density at radius 3 is 2.03 bits per heavy atom. The molecule has 8 rings (SSSR count). The van der Waals surface area contributed by atoms with Gasteiger partial charge in [-0.25, -0.2) is 13.4 Å². The number of sulfonamides is 1. The second-order valence-corrected chi connectivity index (χ2v) is 23.9.